The largest absolute Gasteiger partial charge is 0.472 e. The summed E-state index contributed by atoms with van der Waals surface area (Å²) >= 11 is 0. The first-order chi connectivity index (χ1) is 13.8. The molecular formula is C22H29N3O3. The number of hydrogen-bond donors (Lipinski definition) is 0. The maximum Gasteiger partial charge on any atom is 0.255 e. The van der Waals surface area contributed by atoms with E-state index in [1.165, 1.54) is 32.1 Å². The van der Waals surface area contributed by atoms with Gasteiger partial charge in [0, 0.05) is 37.9 Å². The van der Waals surface area contributed by atoms with Crippen LogP contribution in [0.2, 0.25) is 0 Å². The Balaban J connectivity index is 1.47. The number of furan rings is 1. The van der Waals surface area contributed by atoms with E-state index in [1.54, 1.807) is 18.7 Å². The van der Waals surface area contributed by atoms with Gasteiger partial charge < -0.3 is 19.0 Å². The molecule has 28 heavy (non-hydrogen) atoms. The van der Waals surface area contributed by atoms with Crippen molar-refractivity contribution < 1.29 is 13.9 Å². The fraction of sp³-hybridized carbons (Fsp3) is 0.545. The van der Waals surface area contributed by atoms with Gasteiger partial charge in [0.2, 0.25) is 0 Å². The molecule has 6 heteroatoms. The lowest BCUT2D eigenvalue weighted by molar-refractivity contribution is 0.0698. The van der Waals surface area contributed by atoms with E-state index in [9.17, 15) is 4.79 Å². The van der Waals surface area contributed by atoms with Gasteiger partial charge in [-0.2, -0.15) is 0 Å². The summed E-state index contributed by atoms with van der Waals surface area (Å²) in [6, 6.07) is 5.79. The molecule has 6 nitrogen and oxygen atoms in total. The highest BCUT2D eigenvalue weighted by molar-refractivity contribution is 5.94. The zero-order valence-electron chi connectivity index (χ0n) is 16.4. The van der Waals surface area contributed by atoms with Crippen LogP contribution in [-0.2, 0) is 11.3 Å². The van der Waals surface area contributed by atoms with Crippen LogP contribution in [0.15, 0.2) is 41.3 Å². The van der Waals surface area contributed by atoms with Crippen molar-refractivity contribution in [3.05, 3.63) is 48.0 Å². The molecule has 0 bridgehead atoms. The molecule has 2 aromatic rings. The van der Waals surface area contributed by atoms with Gasteiger partial charge in [0.15, 0.2) is 0 Å². The first-order valence-electron chi connectivity index (χ1n) is 10.4. The SMILES string of the molecule is O=C(c1ccc(N2CCOCC2)nc1)N(Cc1ccoc1)CC1CCCCC1. The Morgan fingerprint density at radius 3 is 2.64 bits per heavy atom. The lowest BCUT2D eigenvalue weighted by Gasteiger charge is -2.30. The van der Waals surface area contributed by atoms with E-state index in [2.05, 4.69) is 9.88 Å². The van der Waals surface area contributed by atoms with Crippen LogP contribution >= 0.6 is 0 Å². The van der Waals surface area contributed by atoms with Crippen LogP contribution in [-0.4, -0.2) is 48.6 Å². The standard InChI is InChI=1S/C22H29N3O3/c26-22(20-6-7-21(23-14-20)24-9-12-27-13-10-24)25(16-19-8-11-28-17-19)15-18-4-2-1-3-5-18/h6-8,11,14,17-18H,1-5,9-10,12-13,15-16H2. The summed E-state index contributed by atoms with van der Waals surface area (Å²) in [5, 5.41) is 0. The minimum atomic E-state index is 0.0489. The number of aromatic nitrogens is 1. The van der Waals surface area contributed by atoms with Crippen LogP contribution in [0.3, 0.4) is 0 Å². The number of nitrogens with zero attached hydrogens (tertiary/aromatic N) is 3. The molecule has 1 aliphatic heterocycles. The van der Waals surface area contributed by atoms with Crippen molar-refractivity contribution in [2.75, 3.05) is 37.7 Å². The Kier molecular flexibility index (Phi) is 6.27. The van der Waals surface area contributed by atoms with Crippen molar-refractivity contribution >= 4 is 11.7 Å². The van der Waals surface area contributed by atoms with Crippen LogP contribution in [0.5, 0.6) is 0 Å². The second-order valence-corrected chi connectivity index (χ2v) is 7.83. The number of pyridine rings is 1. The molecule has 150 valence electrons. The van der Waals surface area contributed by atoms with Gasteiger partial charge in [0.25, 0.3) is 5.91 Å². The van der Waals surface area contributed by atoms with E-state index in [1.807, 2.05) is 23.1 Å². The topological polar surface area (TPSA) is 58.8 Å². The third kappa shape index (κ3) is 4.73. The van der Waals surface area contributed by atoms with E-state index in [0.717, 1.165) is 44.2 Å². The zero-order chi connectivity index (χ0) is 19.2. The molecule has 0 atom stereocenters. The first kappa shape index (κ1) is 19.0. The third-order valence-electron chi connectivity index (χ3n) is 5.77. The highest BCUT2D eigenvalue weighted by atomic mass is 16.5. The van der Waals surface area contributed by atoms with Gasteiger partial charge in [0.05, 0.1) is 31.3 Å². The number of morpholine rings is 1. The van der Waals surface area contributed by atoms with E-state index in [0.29, 0.717) is 18.0 Å². The summed E-state index contributed by atoms with van der Waals surface area (Å²) in [7, 11) is 0. The van der Waals surface area contributed by atoms with Crippen LogP contribution in [0.4, 0.5) is 5.82 Å². The van der Waals surface area contributed by atoms with Crippen LogP contribution in [0.1, 0.15) is 48.0 Å². The number of hydrogen-bond acceptors (Lipinski definition) is 5. The minimum absolute atomic E-state index is 0.0489. The number of rotatable bonds is 6. The second-order valence-electron chi connectivity index (χ2n) is 7.83. The third-order valence-corrected chi connectivity index (χ3v) is 5.77. The molecule has 2 aliphatic rings. The predicted octanol–water partition coefficient (Wildman–Crippen LogP) is 3.73. The molecule has 0 radical (unpaired) electrons. The van der Waals surface area contributed by atoms with Gasteiger partial charge in [-0.1, -0.05) is 19.3 Å². The molecule has 2 fully saturated rings. The molecular weight excluding hydrogens is 354 g/mol. The van der Waals surface area contributed by atoms with Crippen molar-refractivity contribution in [2.24, 2.45) is 5.92 Å². The summed E-state index contributed by atoms with van der Waals surface area (Å²) in [5.41, 5.74) is 1.68. The molecule has 1 aliphatic carbocycles. The molecule has 0 N–H and O–H groups in total. The Morgan fingerprint density at radius 1 is 1.14 bits per heavy atom. The normalized spacial score (nSPS) is 18.2. The summed E-state index contributed by atoms with van der Waals surface area (Å²) in [5.74, 6) is 1.55. The monoisotopic (exact) mass is 383 g/mol. The van der Waals surface area contributed by atoms with E-state index in [4.69, 9.17) is 9.15 Å². The molecule has 4 rings (SSSR count). The quantitative estimate of drug-likeness (QED) is 0.761. The van der Waals surface area contributed by atoms with Crippen molar-refractivity contribution in [3.8, 4) is 0 Å². The second kappa shape index (κ2) is 9.24. The van der Waals surface area contributed by atoms with Gasteiger partial charge in [-0.15, -0.1) is 0 Å². The Morgan fingerprint density at radius 2 is 1.96 bits per heavy atom. The van der Waals surface area contributed by atoms with Crippen molar-refractivity contribution in [2.45, 2.75) is 38.6 Å². The highest BCUT2D eigenvalue weighted by Crippen LogP contribution is 2.26. The van der Waals surface area contributed by atoms with Gasteiger partial charge >= 0.3 is 0 Å². The lowest BCUT2D eigenvalue weighted by Crippen LogP contribution is -2.37. The minimum Gasteiger partial charge on any atom is -0.472 e. The molecule has 0 spiro atoms. The average Bonchev–Trinajstić information content (AvgIpc) is 3.27. The molecule has 1 saturated heterocycles. The summed E-state index contributed by atoms with van der Waals surface area (Å²) in [6.45, 7) is 4.51. The maximum absolute atomic E-state index is 13.3. The van der Waals surface area contributed by atoms with Crippen LogP contribution in [0.25, 0.3) is 0 Å². The van der Waals surface area contributed by atoms with E-state index >= 15 is 0 Å². The number of anilines is 1. The highest BCUT2D eigenvalue weighted by Gasteiger charge is 2.23. The maximum atomic E-state index is 13.3. The van der Waals surface area contributed by atoms with Gasteiger partial charge in [0.1, 0.15) is 5.82 Å². The van der Waals surface area contributed by atoms with Crippen LogP contribution in [0, 0.1) is 5.92 Å². The van der Waals surface area contributed by atoms with Crippen molar-refractivity contribution in [1.82, 2.24) is 9.88 Å². The molecule has 1 amide bonds. The summed E-state index contributed by atoms with van der Waals surface area (Å²) in [6.07, 6.45) is 11.4. The molecule has 2 aromatic heterocycles. The summed E-state index contributed by atoms with van der Waals surface area (Å²) in [4.78, 5) is 22.0. The van der Waals surface area contributed by atoms with Gasteiger partial charge in [-0.3, -0.25) is 4.79 Å². The number of carbonyl (C=O) groups excluding carboxylic acids is 1. The van der Waals surface area contributed by atoms with E-state index in [-0.39, 0.29) is 5.91 Å². The Labute approximate surface area is 166 Å². The lowest BCUT2D eigenvalue weighted by atomic mass is 9.88. The van der Waals surface area contributed by atoms with Gasteiger partial charge in [-0.25, -0.2) is 4.98 Å². The number of ether oxygens (including phenoxy) is 1. The summed E-state index contributed by atoms with van der Waals surface area (Å²) < 4.78 is 10.6. The molecule has 1 saturated carbocycles. The first-order valence-corrected chi connectivity index (χ1v) is 10.4. The predicted molar refractivity (Wildman–Crippen MR) is 107 cm³/mol. The number of carbonyl (C=O) groups is 1. The Hall–Kier alpha value is -2.34. The Bertz CT molecular complexity index is 733. The molecule has 0 aromatic carbocycles. The van der Waals surface area contributed by atoms with Gasteiger partial charge in [-0.05, 0) is 37.0 Å². The van der Waals surface area contributed by atoms with Crippen LogP contribution < -0.4 is 4.90 Å². The molecule has 0 unspecified atom stereocenters. The zero-order valence-corrected chi connectivity index (χ0v) is 16.4. The smallest absolute Gasteiger partial charge is 0.255 e. The number of amides is 1. The average molecular weight is 383 g/mol. The molecule has 3 heterocycles. The van der Waals surface area contributed by atoms with Crippen molar-refractivity contribution in [1.29, 1.82) is 0 Å². The van der Waals surface area contributed by atoms with E-state index < -0.39 is 0 Å². The van der Waals surface area contributed by atoms with Crippen molar-refractivity contribution in [3.63, 3.8) is 0 Å². The fourth-order valence-electron chi connectivity index (χ4n) is 4.18. The fourth-order valence-corrected chi connectivity index (χ4v) is 4.18.